The summed E-state index contributed by atoms with van der Waals surface area (Å²) >= 11 is 6.03. The topological polar surface area (TPSA) is 63.1 Å². The van der Waals surface area contributed by atoms with Crippen LogP contribution < -0.4 is 5.32 Å². The Kier molecular flexibility index (Phi) is 5.40. The molecule has 1 aliphatic heterocycles. The van der Waals surface area contributed by atoms with Gasteiger partial charge >= 0.3 is 6.03 Å². The second kappa shape index (κ2) is 8.35. The van der Waals surface area contributed by atoms with E-state index < -0.39 is 0 Å². The minimum Gasteiger partial charge on any atom is -0.331 e. The van der Waals surface area contributed by atoms with Gasteiger partial charge in [0.15, 0.2) is 5.82 Å². The van der Waals surface area contributed by atoms with Gasteiger partial charge in [-0.2, -0.15) is 0 Å². The Morgan fingerprint density at radius 2 is 1.94 bits per heavy atom. The number of aromatic nitrogens is 3. The maximum Gasteiger partial charge on any atom is 0.318 e. The molecule has 160 valence electrons. The smallest absolute Gasteiger partial charge is 0.318 e. The van der Waals surface area contributed by atoms with Gasteiger partial charge in [0.05, 0.1) is 18.6 Å². The zero-order chi connectivity index (χ0) is 21.4. The SMILES string of the molecule is Cc1nnc([C@H]2CCCN2C(=O)N[C@H]2CCc3ccccc32)n1Cc1ccc(Cl)cc1. The summed E-state index contributed by atoms with van der Waals surface area (Å²) in [5.41, 5.74) is 3.71. The maximum absolute atomic E-state index is 13.3. The molecule has 0 unspecified atom stereocenters. The Hall–Kier alpha value is -2.86. The number of hydrogen-bond donors (Lipinski definition) is 1. The van der Waals surface area contributed by atoms with Crippen molar-refractivity contribution in [2.75, 3.05) is 6.54 Å². The minimum absolute atomic E-state index is 0.0112. The normalized spacial score (nSPS) is 20.1. The highest BCUT2D eigenvalue weighted by molar-refractivity contribution is 6.30. The van der Waals surface area contributed by atoms with Crippen LogP contribution >= 0.6 is 11.6 Å². The molecule has 1 aliphatic carbocycles. The molecular formula is C24H26ClN5O. The Morgan fingerprint density at radius 1 is 1.13 bits per heavy atom. The van der Waals surface area contributed by atoms with Crippen molar-refractivity contribution in [3.05, 3.63) is 81.9 Å². The first kappa shape index (κ1) is 20.1. The van der Waals surface area contributed by atoms with Gasteiger partial charge in [0.2, 0.25) is 0 Å². The summed E-state index contributed by atoms with van der Waals surface area (Å²) in [6, 6.07) is 16.2. The molecule has 0 bridgehead atoms. The monoisotopic (exact) mass is 435 g/mol. The molecule has 0 spiro atoms. The fourth-order valence-corrected chi connectivity index (χ4v) is 4.95. The van der Waals surface area contributed by atoms with E-state index in [1.54, 1.807) is 0 Å². The third-order valence-electron chi connectivity index (χ3n) is 6.46. The molecule has 2 atom stereocenters. The van der Waals surface area contributed by atoms with Crippen LogP contribution in [0.4, 0.5) is 4.79 Å². The van der Waals surface area contributed by atoms with Gasteiger partial charge in [-0.1, -0.05) is 48.0 Å². The lowest BCUT2D eigenvalue weighted by atomic mass is 10.1. The number of fused-ring (bicyclic) bond motifs is 1. The lowest BCUT2D eigenvalue weighted by Crippen LogP contribution is -2.41. The quantitative estimate of drug-likeness (QED) is 0.638. The van der Waals surface area contributed by atoms with Gasteiger partial charge in [0, 0.05) is 11.6 Å². The van der Waals surface area contributed by atoms with E-state index in [0.717, 1.165) is 54.5 Å². The first-order valence-electron chi connectivity index (χ1n) is 10.9. The fraction of sp³-hybridized carbons (Fsp3) is 0.375. The number of aryl methyl sites for hydroxylation is 2. The highest BCUT2D eigenvalue weighted by Crippen LogP contribution is 2.34. The average Bonchev–Trinajstić information content (AvgIpc) is 3.50. The molecular weight excluding hydrogens is 410 g/mol. The molecule has 2 heterocycles. The van der Waals surface area contributed by atoms with Crippen molar-refractivity contribution < 1.29 is 4.79 Å². The van der Waals surface area contributed by atoms with Crippen molar-refractivity contribution in [2.24, 2.45) is 0 Å². The average molecular weight is 436 g/mol. The van der Waals surface area contributed by atoms with E-state index in [1.165, 1.54) is 11.1 Å². The molecule has 0 saturated carbocycles. The van der Waals surface area contributed by atoms with Crippen molar-refractivity contribution >= 4 is 17.6 Å². The minimum atomic E-state index is -0.0647. The summed E-state index contributed by atoms with van der Waals surface area (Å²) in [7, 11) is 0. The number of urea groups is 1. The summed E-state index contributed by atoms with van der Waals surface area (Å²) in [6.07, 6.45) is 3.83. The summed E-state index contributed by atoms with van der Waals surface area (Å²) < 4.78 is 2.12. The van der Waals surface area contributed by atoms with E-state index in [4.69, 9.17) is 11.6 Å². The molecule has 5 rings (SSSR count). The summed E-state index contributed by atoms with van der Waals surface area (Å²) in [4.78, 5) is 15.2. The maximum atomic E-state index is 13.3. The zero-order valence-corrected chi connectivity index (χ0v) is 18.3. The third kappa shape index (κ3) is 3.92. The van der Waals surface area contributed by atoms with Gasteiger partial charge in [0.25, 0.3) is 0 Å². The first-order chi connectivity index (χ1) is 15.1. The number of hydrogen-bond acceptors (Lipinski definition) is 3. The number of benzene rings is 2. The van der Waals surface area contributed by atoms with Crippen molar-refractivity contribution in [3.63, 3.8) is 0 Å². The van der Waals surface area contributed by atoms with Gasteiger partial charge in [-0.25, -0.2) is 4.79 Å². The number of amides is 2. The number of carbonyl (C=O) groups is 1. The number of likely N-dealkylation sites (tertiary alicyclic amines) is 1. The van der Waals surface area contributed by atoms with E-state index >= 15 is 0 Å². The van der Waals surface area contributed by atoms with Gasteiger partial charge in [0.1, 0.15) is 5.82 Å². The summed E-state index contributed by atoms with van der Waals surface area (Å²) in [6.45, 7) is 3.35. The Labute approximate surface area is 187 Å². The number of halogens is 1. The van der Waals surface area contributed by atoms with Crippen LogP contribution in [0.2, 0.25) is 5.02 Å². The molecule has 1 fully saturated rings. The summed E-state index contributed by atoms with van der Waals surface area (Å²) in [5, 5.41) is 12.8. The molecule has 3 aromatic rings. The molecule has 1 N–H and O–H groups in total. The molecule has 7 heteroatoms. The van der Waals surface area contributed by atoms with Crippen LogP contribution in [0.3, 0.4) is 0 Å². The number of rotatable bonds is 4. The third-order valence-corrected chi connectivity index (χ3v) is 6.71. The predicted octanol–water partition coefficient (Wildman–Crippen LogP) is 4.82. The van der Waals surface area contributed by atoms with Crippen LogP contribution in [0.15, 0.2) is 48.5 Å². The van der Waals surface area contributed by atoms with Crippen LogP contribution in [-0.4, -0.2) is 32.2 Å². The van der Waals surface area contributed by atoms with E-state index in [-0.39, 0.29) is 18.1 Å². The molecule has 2 aromatic carbocycles. The lowest BCUT2D eigenvalue weighted by Gasteiger charge is -2.27. The van der Waals surface area contributed by atoms with Gasteiger partial charge in [-0.3, -0.25) is 0 Å². The van der Waals surface area contributed by atoms with Crippen LogP contribution in [-0.2, 0) is 13.0 Å². The number of nitrogens with one attached hydrogen (secondary N) is 1. The van der Waals surface area contributed by atoms with Crippen LogP contribution in [0.25, 0.3) is 0 Å². The number of nitrogens with zero attached hydrogens (tertiary/aromatic N) is 4. The largest absolute Gasteiger partial charge is 0.331 e. The van der Waals surface area contributed by atoms with E-state index in [2.05, 4.69) is 38.3 Å². The molecule has 2 amide bonds. The molecule has 2 aliphatic rings. The van der Waals surface area contributed by atoms with Crippen LogP contribution in [0, 0.1) is 6.92 Å². The lowest BCUT2D eigenvalue weighted by molar-refractivity contribution is 0.185. The molecule has 6 nitrogen and oxygen atoms in total. The highest BCUT2D eigenvalue weighted by Gasteiger charge is 2.35. The number of carbonyl (C=O) groups excluding carboxylic acids is 1. The molecule has 0 radical (unpaired) electrons. The molecule has 1 saturated heterocycles. The predicted molar refractivity (Wildman–Crippen MR) is 120 cm³/mol. The van der Waals surface area contributed by atoms with E-state index in [9.17, 15) is 4.79 Å². The Morgan fingerprint density at radius 3 is 2.77 bits per heavy atom. The van der Waals surface area contributed by atoms with Crippen molar-refractivity contribution in [3.8, 4) is 0 Å². The zero-order valence-electron chi connectivity index (χ0n) is 17.6. The van der Waals surface area contributed by atoms with E-state index in [1.807, 2.05) is 42.2 Å². The standard InChI is InChI=1S/C24H26ClN5O/c1-16-27-28-23(30(16)15-17-8-11-19(25)12-9-17)22-7-4-14-29(22)24(31)26-21-13-10-18-5-2-3-6-20(18)21/h2-3,5-6,8-9,11-12,21-22H,4,7,10,13-15H2,1H3,(H,26,31)/t21-,22+/m0/s1. The van der Waals surface area contributed by atoms with Gasteiger partial charge in [-0.15, -0.1) is 10.2 Å². The van der Waals surface area contributed by atoms with Crippen LogP contribution in [0.5, 0.6) is 0 Å². The van der Waals surface area contributed by atoms with Crippen molar-refractivity contribution in [1.82, 2.24) is 25.0 Å². The van der Waals surface area contributed by atoms with Crippen molar-refractivity contribution in [1.29, 1.82) is 0 Å². The highest BCUT2D eigenvalue weighted by atomic mass is 35.5. The molecule has 31 heavy (non-hydrogen) atoms. The Bertz CT molecular complexity index is 1090. The Balaban J connectivity index is 1.35. The second-order valence-corrected chi connectivity index (χ2v) is 8.85. The summed E-state index contributed by atoms with van der Waals surface area (Å²) in [5.74, 6) is 1.70. The van der Waals surface area contributed by atoms with Gasteiger partial charge in [-0.05, 0) is 61.4 Å². The molecule has 1 aromatic heterocycles. The second-order valence-electron chi connectivity index (χ2n) is 8.41. The first-order valence-corrected chi connectivity index (χ1v) is 11.3. The van der Waals surface area contributed by atoms with E-state index in [0.29, 0.717) is 6.54 Å². The van der Waals surface area contributed by atoms with Crippen molar-refractivity contribution in [2.45, 2.75) is 51.2 Å². The fourth-order valence-electron chi connectivity index (χ4n) is 4.83. The van der Waals surface area contributed by atoms with Gasteiger partial charge < -0.3 is 14.8 Å². The van der Waals surface area contributed by atoms with Crippen LogP contribution in [0.1, 0.15) is 59.7 Å².